The first kappa shape index (κ1) is 13.4. The van der Waals surface area contributed by atoms with Gasteiger partial charge < -0.3 is 14.8 Å². The summed E-state index contributed by atoms with van der Waals surface area (Å²) in [6.07, 6.45) is 3.82. The highest BCUT2D eigenvalue weighted by molar-refractivity contribution is 5.20. The third-order valence-electron chi connectivity index (χ3n) is 3.31. The van der Waals surface area contributed by atoms with Gasteiger partial charge >= 0.3 is 0 Å². The van der Waals surface area contributed by atoms with E-state index >= 15 is 0 Å². The molecule has 0 saturated carbocycles. The maximum absolute atomic E-state index is 5.61. The van der Waals surface area contributed by atoms with Gasteiger partial charge in [-0.1, -0.05) is 18.2 Å². The summed E-state index contributed by atoms with van der Waals surface area (Å²) in [7, 11) is 0. The van der Waals surface area contributed by atoms with Crippen LogP contribution in [-0.4, -0.2) is 32.9 Å². The minimum atomic E-state index is 0.632. The zero-order valence-corrected chi connectivity index (χ0v) is 10.9. The maximum Gasteiger partial charge on any atom is 0.119 e. The number of nitrogens with one attached hydrogen (secondary N) is 1. The van der Waals surface area contributed by atoms with E-state index in [9.17, 15) is 0 Å². The fraction of sp³-hybridized carbons (Fsp3) is 0.600. The van der Waals surface area contributed by atoms with E-state index in [0.717, 1.165) is 24.8 Å². The highest BCUT2D eigenvalue weighted by Crippen LogP contribution is 2.13. The smallest absolute Gasteiger partial charge is 0.119 e. The summed E-state index contributed by atoms with van der Waals surface area (Å²) < 4.78 is 11.2. The van der Waals surface area contributed by atoms with Gasteiger partial charge in [-0.25, -0.2) is 0 Å². The van der Waals surface area contributed by atoms with Crippen LogP contribution >= 0.6 is 0 Å². The quantitative estimate of drug-likeness (QED) is 0.753. The minimum absolute atomic E-state index is 0.632. The van der Waals surface area contributed by atoms with Gasteiger partial charge in [-0.05, 0) is 50.4 Å². The highest BCUT2D eigenvalue weighted by atomic mass is 16.5. The molecule has 0 aliphatic carbocycles. The van der Waals surface area contributed by atoms with Crippen molar-refractivity contribution in [3.8, 4) is 5.75 Å². The Morgan fingerprint density at radius 2 is 2.00 bits per heavy atom. The largest absolute Gasteiger partial charge is 0.491 e. The Kier molecular flexibility index (Phi) is 6.03. The van der Waals surface area contributed by atoms with Gasteiger partial charge in [0.05, 0.1) is 6.61 Å². The van der Waals surface area contributed by atoms with Gasteiger partial charge in [0, 0.05) is 6.61 Å². The van der Waals surface area contributed by atoms with Crippen molar-refractivity contribution in [1.29, 1.82) is 0 Å². The van der Waals surface area contributed by atoms with Crippen molar-refractivity contribution >= 4 is 0 Å². The van der Waals surface area contributed by atoms with Gasteiger partial charge in [0.1, 0.15) is 12.4 Å². The number of benzene rings is 1. The van der Waals surface area contributed by atoms with Crippen molar-refractivity contribution in [1.82, 2.24) is 5.32 Å². The van der Waals surface area contributed by atoms with Gasteiger partial charge in [-0.2, -0.15) is 0 Å². The molecule has 18 heavy (non-hydrogen) atoms. The number of ether oxygens (including phenoxy) is 2. The number of para-hydroxylation sites is 1. The normalized spacial score (nSPS) is 19.7. The van der Waals surface area contributed by atoms with Crippen molar-refractivity contribution in [2.24, 2.45) is 5.92 Å². The SMILES string of the molecule is c1ccc(OCCOCC[C@H]2CCCNC2)cc1. The molecule has 0 amide bonds. The first-order valence-corrected chi connectivity index (χ1v) is 6.91. The molecule has 1 fully saturated rings. The van der Waals surface area contributed by atoms with Crippen LogP contribution in [0.1, 0.15) is 19.3 Å². The van der Waals surface area contributed by atoms with Crippen molar-refractivity contribution in [3.05, 3.63) is 30.3 Å². The second kappa shape index (κ2) is 8.11. The molecule has 3 heteroatoms. The van der Waals surface area contributed by atoms with Crippen LogP contribution in [-0.2, 0) is 4.74 Å². The van der Waals surface area contributed by atoms with Gasteiger partial charge in [-0.3, -0.25) is 0 Å². The third kappa shape index (κ3) is 5.07. The lowest BCUT2D eigenvalue weighted by atomic mass is 9.97. The third-order valence-corrected chi connectivity index (χ3v) is 3.31. The zero-order chi connectivity index (χ0) is 12.5. The van der Waals surface area contributed by atoms with E-state index in [1.807, 2.05) is 30.3 Å². The Balaban J connectivity index is 1.46. The Morgan fingerprint density at radius 3 is 2.78 bits per heavy atom. The molecule has 1 N–H and O–H groups in total. The lowest BCUT2D eigenvalue weighted by Crippen LogP contribution is -2.30. The molecule has 1 heterocycles. The van der Waals surface area contributed by atoms with Crippen molar-refractivity contribution < 1.29 is 9.47 Å². The Hall–Kier alpha value is -1.06. The van der Waals surface area contributed by atoms with Crippen LogP contribution in [0.25, 0.3) is 0 Å². The number of hydrogen-bond donors (Lipinski definition) is 1. The van der Waals surface area contributed by atoms with Crippen LogP contribution in [0.5, 0.6) is 5.75 Å². The molecule has 1 saturated heterocycles. The Labute approximate surface area is 109 Å². The van der Waals surface area contributed by atoms with E-state index in [0.29, 0.717) is 13.2 Å². The zero-order valence-electron chi connectivity index (χ0n) is 10.9. The molecule has 1 aliphatic heterocycles. The molecule has 1 aromatic carbocycles. The molecule has 0 bridgehead atoms. The van der Waals surface area contributed by atoms with Gasteiger partial charge in [0.25, 0.3) is 0 Å². The molecule has 0 aromatic heterocycles. The average Bonchev–Trinajstić information content (AvgIpc) is 2.45. The first-order chi connectivity index (χ1) is 8.95. The predicted octanol–water partition coefficient (Wildman–Crippen LogP) is 2.47. The van der Waals surface area contributed by atoms with Crippen molar-refractivity contribution in [3.63, 3.8) is 0 Å². The van der Waals surface area contributed by atoms with E-state index in [4.69, 9.17) is 9.47 Å². The molecule has 2 rings (SSSR count). The minimum Gasteiger partial charge on any atom is -0.491 e. The van der Waals surface area contributed by atoms with Crippen LogP contribution in [0.3, 0.4) is 0 Å². The van der Waals surface area contributed by atoms with Crippen LogP contribution in [0.2, 0.25) is 0 Å². The first-order valence-electron chi connectivity index (χ1n) is 6.91. The lowest BCUT2D eigenvalue weighted by Gasteiger charge is -2.22. The standard InChI is InChI=1S/C15H23NO2/c1-2-6-15(7-3-1)18-12-11-17-10-8-14-5-4-9-16-13-14/h1-3,6-7,14,16H,4-5,8-13H2/t14-/m1/s1. The fourth-order valence-electron chi connectivity index (χ4n) is 2.26. The topological polar surface area (TPSA) is 30.5 Å². The maximum atomic E-state index is 5.61. The Morgan fingerprint density at radius 1 is 1.11 bits per heavy atom. The molecule has 0 unspecified atom stereocenters. The molecule has 1 aliphatic rings. The van der Waals surface area contributed by atoms with E-state index in [1.165, 1.54) is 25.8 Å². The monoisotopic (exact) mass is 249 g/mol. The summed E-state index contributed by atoms with van der Waals surface area (Å²) in [4.78, 5) is 0. The fourth-order valence-corrected chi connectivity index (χ4v) is 2.26. The van der Waals surface area contributed by atoms with E-state index in [1.54, 1.807) is 0 Å². The van der Waals surface area contributed by atoms with Crippen LogP contribution in [0, 0.1) is 5.92 Å². The van der Waals surface area contributed by atoms with E-state index < -0.39 is 0 Å². The molecule has 3 nitrogen and oxygen atoms in total. The van der Waals surface area contributed by atoms with Crippen molar-refractivity contribution in [2.45, 2.75) is 19.3 Å². The molecule has 1 aromatic rings. The number of rotatable bonds is 7. The van der Waals surface area contributed by atoms with E-state index in [-0.39, 0.29) is 0 Å². The highest BCUT2D eigenvalue weighted by Gasteiger charge is 2.11. The molecule has 100 valence electrons. The van der Waals surface area contributed by atoms with Crippen LogP contribution in [0.4, 0.5) is 0 Å². The number of hydrogen-bond acceptors (Lipinski definition) is 3. The van der Waals surface area contributed by atoms with Gasteiger partial charge in [0.2, 0.25) is 0 Å². The molecular formula is C15H23NO2. The average molecular weight is 249 g/mol. The van der Waals surface area contributed by atoms with Crippen LogP contribution in [0.15, 0.2) is 30.3 Å². The van der Waals surface area contributed by atoms with Gasteiger partial charge in [-0.15, -0.1) is 0 Å². The molecule has 0 radical (unpaired) electrons. The predicted molar refractivity (Wildman–Crippen MR) is 73.0 cm³/mol. The molecular weight excluding hydrogens is 226 g/mol. The second-order valence-corrected chi connectivity index (χ2v) is 4.77. The summed E-state index contributed by atoms with van der Waals surface area (Å²) in [6, 6.07) is 9.88. The number of piperidine rings is 1. The summed E-state index contributed by atoms with van der Waals surface area (Å²) in [5.41, 5.74) is 0. The van der Waals surface area contributed by atoms with E-state index in [2.05, 4.69) is 5.32 Å². The summed E-state index contributed by atoms with van der Waals surface area (Å²) in [5, 5.41) is 3.43. The van der Waals surface area contributed by atoms with Gasteiger partial charge in [0.15, 0.2) is 0 Å². The summed E-state index contributed by atoms with van der Waals surface area (Å²) in [6.45, 7) is 4.50. The molecule has 0 spiro atoms. The van der Waals surface area contributed by atoms with Crippen LogP contribution < -0.4 is 10.1 Å². The summed E-state index contributed by atoms with van der Waals surface area (Å²) in [5.74, 6) is 1.71. The lowest BCUT2D eigenvalue weighted by molar-refractivity contribution is 0.0875. The molecule has 1 atom stereocenters. The van der Waals surface area contributed by atoms with Crippen molar-refractivity contribution in [2.75, 3.05) is 32.9 Å². The Bertz CT molecular complexity index is 310. The second-order valence-electron chi connectivity index (χ2n) is 4.77. The summed E-state index contributed by atoms with van der Waals surface area (Å²) >= 11 is 0.